The third-order valence-corrected chi connectivity index (χ3v) is 4.44. The monoisotopic (exact) mass is 349 g/mol. The van der Waals surface area contributed by atoms with E-state index in [1.165, 1.54) is 23.3 Å². The Labute approximate surface area is 134 Å². The lowest BCUT2D eigenvalue weighted by atomic mass is 9.93. The van der Waals surface area contributed by atoms with Crippen molar-refractivity contribution in [1.82, 2.24) is 5.32 Å². The van der Waals surface area contributed by atoms with Crippen molar-refractivity contribution in [2.45, 2.75) is 32.7 Å². The molecule has 0 spiro atoms. The summed E-state index contributed by atoms with van der Waals surface area (Å²) in [5, 5.41) is 3.55. The van der Waals surface area contributed by atoms with Crippen molar-refractivity contribution in [1.29, 1.82) is 0 Å². The number of hydrogen-bond acceptors (Lipinski definition) is 1. The van der Waals surface area contributed by atoms with Gasteiger partial charge in [-0.2, -0.15) is 0 Å². The van der Waals surface area contributed by atoms with E-state index < -0.39 is 0 Å². The maximum absolute atomic E-state index is 13.2. The molecule has 1 atom stereocenters. The van der Waals surface area contributed by atoms with Crippen LogP contribution >= 0.6 is 15.9 Å². The molecule has 2 rings (SSSR count). The molecule has 0 amide bonds. The summed E-state index contributed by atoms with van der Waals surface area (Å²) in [6.45, 7) is 5.19. The number of hydrogen-bond donors (Lipinski definition) is 1. The molecule has 112 valence electrons. The average molecular weight is 350 g/mol. The zero-order chi connectivity index (χ0) is 15.2. The van der Waals surface area contributed by atoms with Crippen LogP contribution < -0.4 is 5.32 Å². The van der Waals surface area contributed by atoms with Crippen LogP contribution in [0, 0.1) is 5.82 Å². The first-order valence-corrected chi connectivity index (χ1v) is 8.20. The standard InChI is InChI=1S/C18H21BrFN/c1-3-13-7-5-6-8-16(13)18(21-4-2)11-14-9-10-15(20)12-17(14)19/h5-10,12,18,21H,3-4,11H2,1-2H3. The fraction of sp³-hybridized carbons (Fsp3) is 0.333. The van der Waals surface area contributed by atoms with E-state index in [0.717, 1.165) is 29.4 Å². The minimum absolute atomic E-state index is 0.209. The lowest BCUT2D eigenvalue weighted by Gasteiger charge is -2.22. The summed E-state index contributed by atoms with van der Waals surface area (Å²) in [6, 6.07) is 13.7. The Morgan fingerprint density at radius 3 is 2.52 bits per heavy atom. The molecule has 1 nitrogen and oxygen atoms in total. The van der Waals surface area contributed by atoms with Gasteiger partial charge in [0.1, 0.15) is 5.82 Å². The maximum atomic E-state index is 13.2. The number of rotatable bonds is 6. The minimum Gasteiger partial charge on any atom is -0.310 e. The predicted octanol–water partition coefficient (Wildman–Crippen LogP) is 5.04. The third-order valence-electron chi connectivity index (χ3n) is 3.70. The van der Waals surface area contributed by atoms with Gasteiger partial charge in [0.15, 0.2) is 0 Å². The topological polar surface area (TPSA) is 12.0 Å². The number of nitrogens with one attached hydrogen (secondary N) is 1. The summed E-state index contributed by atoms with van der Waals surface area (Å²) in [5.74, 6) is -0.209. The molecule has 0 saturated carbocycles. The SMILES string of the molecule is CCNC(Cc1ccc(F)cc1Br)c1ccccc1CC. The van der Waals surface area contributed by atoms with Crippen molar-refractivity contribution >= 4 is 15.9 Å². The van der Waals surface area contributed by atoms with E-state index in [-0.39, 0.29) is 11.9 Å². The highest BCUT2D eigenvalue weighted by atomic mass is 79.9. The van der Waals surface area contributed by atoms with Crippen molar-refractivity contribution in [3.05, 3.63) is 69.4 Å². The first kappa shape index (κ1) is 16.2. The molecule has 1 unspecified atom stereocenters. The van der Waals surface area contributed by atoms with Gasteiger partial charge in [-0.3, -0.25) is 0 Å². The van der Waals surface area contributed by atoms with Crippen molar-refractivity contribution in [2.24, 2.45) is 0 Å². The molecule has 0 aromatic heterocycles. The Bertz CT molecular complexity index is 598. The van der Waals surface area contributed by atoms with Crippen LogP contribution in [0.3, 0.4) is 0 Å². The van der Waals surface area contributed by atoms with Gasteiger partial charge in [-0.05, 0) is 48.2 Å². The summed E-state index contributed by atoms with van der Waals surface area (Å²) in [6.07, 6.45) is 1.86. The van der Waals surface area contributed by atoms with Gasteiger partial charge in [-0.1, -0.05) is 60.1 Å². The molecule has 1 N–H and O–H groups in total. The van der Waals surface area contributed by atoms with Crippen LogP contribution in [0.5, 0.6) is 0 Å². The quantitative estimate of drug-likeness (QED) is 0.769. The van der Waals surface area contributed by atoms with Crippen molar-refractivity contribution in [3.63, 3.8) is 0 Å². The minimum atomic E-state index is -0.209. The van der Waals surface area contributed by atoms with Gasteiger partial charge < -0.3 is 5.32 Å². The second kappa shape index (κ2) is 7.71. The summed E-state index contributed by atoms with van der Waals surface area (Å²) in [7, 11) is 0. The van der Waals surface area contributed by atoms with Gasteiger partial charge in [0.25, 0.3) is 0 Å². The first-order chi connectivity index (χ1) is 10.2. The maximum Gasteiger partial charge on any atom is 0.124 e. The second-order valence-corrected chi connectivity index (χ2v) is 5.96. The highest BCUT2D eigenvalue weighted by molar-refractivity contribution is 9.10. The molecular weight excluding hydrogens is 329 g/mol. The van der Waals surface area contributed by atoms with E-state index in [0.29, 0.717) is 0 Å². The molecule has 0 bridgehead atoms. The number of benzene rings is 2. The molecule has 0 aliphatic carbocycles. The highest BCUT2D eigenvalue weighted by Gasteiger charge is 2.15. The molecule has 0 saturated heterocycles. The van der Waals surface area contributed by atoms with Gasteiger partial charge in [0.05, 0.1) is 0 Å². The van der Waals surface area contributed by atoms with E-state index in [1.54, 1.807) is 0 Å². The number of halogens is 2. The smallest absolute Gasteiger partial charge is 0.124 e. The highest BCUT2D eigenvalue weighted by Crippen LogP contribution is 2.26. The third kappa shape index (κ3) is 4.14. The fourth-order valence-corrected chi connectivity index (χ4v) is 3.15. The number of likely N-dealkylation sites (N-methyl/N-ethyl adjacent to an activating group) is 1. The van der Waals surface area contributed by atoms with Crippen molar-refractivity contribution in [3.8, 4) is 0 Å². The molecule has 2 aromatic carbocycles. The van der Waals surface area contributed by atoms with E-state index in [4.69, 9.17) is 0 Å². The zero-order valence-corrected chi connectivity index (χ0v) is 14.1. The molecule has 21 heavy (non-hydrogen) atoms. The van der Waals surface area contributed by atoms with E-state index >= 15 is 0 Å². The Morgan fingerprint density at radius 2 is 1.86 bits per heavy atom. The summed E-state index contributed by atoms with van der Waals surface area (Å²) >= 11 is 3.47. The van der Waals surface area contributed by atoms with Crippen LogP contribution in [0.15, 0.2) is 46.9 Å². The van der Waals surface area contributed by atoms with Crippen molar-refractivity contribution < 1.29 is 4.39 Å². The Morgan fingerprint density at radius 1 is 1.10 bits per heavy atom. The first-order valence-electron chi connectivity index (χ1n) is 7.40. The molecule has 3 heteroatoms. The van der Waals surface area contributed by atoms with Crippen LogP contribution in [0.2, 0.25) is 0 Å². The van der Waals surface area contributed by atoms with E-state index in [2.05, 4.69) is 59.4 Å². The van der Waals surface area contributed by atoms with E-state index in [1.807, 2.05) is 6.07 Å². The van der Waals surface area contributed by atoms with Gasteiger partial charge in [-0.25, -0.2) is 4.39 Å². The lowest BCUT2D eigenvalue weighted by Crippen LogP contribution is -2.24. The molecule has 0 fully saturated rings. The normalized spacial score (nSPS) is 12.4. The Kier molecular flexibility index (Phi) is 5.95. The van der Waals surface area contributed by atoms with Gasteiger partial charge in [-0.15, -0.1) is 0 Å². The molecule has 0 aliphatic heterocycles. The van der Waals surface area contributed by atoms with Crippen LogP contribution in [0.4, 0.5) is 4.39 Å². The summed E-state index contributed by atoms with van der Waals surface area (Å²) in [4.78, 5) is 0. The van der Waals surface area contributed by atoms with Crippen LogP contribution in [-0.2, 0) is 12.8 Å². The molecule has 0 radical (unpaired) electrons. The largest absolute Gasteiger partial charge is 0.310 e. The van der Waals surface area contributed by atoms with Crippen LogP contribution in [-0.4, -0.2) is 6.54 Å². The average Bonchev–Trinajstić information content (AvgIpc) is 2.49. The Hall–Kier alpha value is -1.19. The van der Waals surface area contributed by atoms with Gasteiger partial charge in [0.2, 0.25) is 0 Å². The van der Waals surface area contributed by atoms with Gasteiger partial charge >= 0.3 is 0 Å². The molecule has 0 heterocycles. The second-order valence-electron chi connectivity index (χ2n) is 5.10. The molecular formula is C18H21BrFN. The fourth-order valence-electron chi connectivity index (χ4n) is 2.64. The predicted molar refractivity (Wildman–Crippen MR) is 90.0 cm³/mol. The molecule has 0 aliphatic rings. The van der Waals surface area contributed by atoms with Gasteiger partial charge in [0, 0.05) is 10.5 Å². The zero-order valence-electron chi connectivity index (χ0n) is 12.5. The van der Waals surface area contributed by atoms with Crippen molar-refractivity contribution in [2.75, 3.05) is 6.54 Å². The number of aryl methyl sites for hydroxylation is 1. The lowest BCUT2D eigenvalue weighted by molar-refractivity contribution is 0.544. The summed E-state index contributed by atoms with van der Waals surface area (Å²) in [5.41, 5.74) is 3.81. The summed E-state index contributed by atoms with van der Waals surface area (Å²) < 4.78 is 14.1. The molecule has 2 aromatic rings. The van der Waals surface area contributed by atoms with Crippen LogP contribution in [0.1, 0.15) is 36.6 Å². The van der Waals surface area contributed by atoms with Crippen LogP contribution in [0.25, 0.3) is 0 Å². The van der Waals surface area contributed by atoms with E-state index in [9.17, 15) is 4.39 Å². The Balaban J connectivity index is 2.30.